The van der Waals surface area contributed by atoms with Crippen molar-refractivity contribution in [3.05, 3.63) is 95.3 Å². The highest BCUT2D eigenvalue weighted by Crippen LogP contribution is 2.23. The summed E-state index contributed by atoms with van der Waals surface area (Å²) in [4.78, 5) is 15.4. The lowest BCUT2D eigenvalue weighted by Gasteiger charge is -2.21. The standard InChI is InChI=1S/C24H24N4O3S2/c1-19(29)6-7-20-4-2-5-22(16-20)18-27(33(30,31)24-25-13-15-32-24)17-21-8-10-23(11-9-21)28-14-3-12-26-28/h2-5,8-16H,6-7,17-18H2,1H3. The Balaban J connectivity index is 1.59. The van der Waals surface area contributed by atoms with Crippen molar-refractivity contribution in [1.82, 2.24) is 19.1 Å². The Bertz CT molecular complexity index is 1300. The van der Waals surface area contributed by atoms with Gasteiger partial charge in [-0.05, 0) is 48.2 Å². The number of sulfonamides is 1. The lowest BCUT2D eigenvalue weighted by atomic mass is 10.1. The number of hydrogen-bond acceptors (Lipinski definition) is 6. The smallest absolute Gasteiger partial charge is 0.270 e. The van der Waals surface area contributed by atoms with Crippen LogP contribution in [-0.4, -0.2) is 33.3 Å². The maximum atomic E-state index is 13.4. The third kappa shape index (κ3) is 5.81. The van der Waals surface area contributed by atoms with Crippen LogP contribution in [0.3, 0.4) is 0 Å². The van der Waals surface area contributed by atoms with Crippen LogP contribution in [0.25, 0.3) is 5.69 Å². The zero-order chi connectivity index (χ0) is 23.3. The topological polar surface area (TPSA) is 85.2 Å². The van der Waals surface area contributed by atoms with Gasteiger partial charge in [-0.1, -0.05) is 36.4 Å². The molecule has 0 atom stereocenters. The summed E-state index contributed by atoms with van der Waals surface area (Å²) >= 11 is 1.10. The molecular formula is C24H24N4O3S2. The molecular weight excluding hydrogens is 456 g/mol. The van der Waals surface area contributed by atoms with Crippen LogP contribution in [0.2, 0.25) is 0 Å². The Morgan fingerprint density at radius 1 is 1.00 bits per heavy atom. The summed E-state index contributed by atoms with van der Waals surface area (Å²) in [6, 6.07) is 17.2. The predicted molar refractivity (Wildman–Crippen MR) is 128 cm³/mol. The average Bonchev–Trinajstić information content (AvgIpc) is 3.53. The first-order chi connectivity index (χ1) is 15.9. The molecule has 2 aromatic carbocycles. The molecule has 4 aromatic rings. The van der Waals surface area contributed by atoms with Crippen LogP contribution in [0.1, 0.15) is 30.0 Å². The Labute approximate surface area is 197 Å². The van der Waals surface area contributed by atoms with Gasteiger partial charge in [0.25, 0.3) is 10.0 Å². The average molecular weight is 481 g/mol. The normalized spacial score (nSPS) is 11.7. The monoisotopic (exact) mass is 480 g/mol. The number of rotatable bonds is 10. The number of thiazole rings is 1. The van der Waals surface area contributed by atoms with Crippen LogP contribution in [0.4, 0.5) is 0 Å². The van der Waals surface area contributed by atoms with Crippen LogP contribution in [0.5, 0.6) is 0 Å². The van der Waals surface area contributed by atoms with Crippen LogP contribution >= 0.6 is 11.3 Å². The fourth-order valence-corrected chi connectivity index (χ4v) is 5.84. The van der Waals surface area contributed by atoms with Crippen molar-refractivity contribution in [2.45, 2.75) is 37.2 Å². The number of nitrogens with zero attached hydrogens (tertiary/aromatic N) is 4. The summed E-state index contributed by atoms with van der Waals surface area (Å²) in [5, 5.41) is 5.88. The molecule has 4 rings (SSSR count). The third-order valence-electron chi connectivity index (χ3n) is 5.15. The molecule has 0 saturated carbocycles. The van der Waals surface area contributed by atoms with Crippen LogP contribution in [0.15, 0.2) is 82.9 Å². The number of ketones is 1. The van der Waals surface area contributed by atoms with Crippen LogP contribution in [-0.2, 0) is 34.3 Å². The molecule has 0 aliphatic heterocycles. The first-order valence-electron chi connectivity index (χ1n) is 10.5. The lowest BCUT2D eigenvalue weighted by Crippen LogP contribution is -2.30. The molecule has 0 amide bonds. The fourth-order valence-electron chi connectivity index (χ4n) is 3.46. The van der Waals surface area contributed by atoms with Gasteiger partial charge in [-0.2, -0.15) is 9.40 Å². The molecule has 0 radical (unpaired) electrons. The zero-order valence-electron chi connectivity index (χ0n) is 18.2. The quantitative estimate of drug-likeness (QED) is 0.339. The van der Waals surface area contributed by atoms with E-state index in [1.165, 1.54) is 10.5 Å². The molecule has 0 fully saturated rings. The van der Waals surface area contributed by atoms with Gasteiger partial charge in [0.1, 0.15) is 5.78 Å². The summed E-state index contributed by atoms with van der Waals surface area (Å²) in [5.41, 5.74) is 3.64. The first-order valence-corrected chi connectivity index (χ1v) is 12.8. The molecule has 2 aromatic heterocycles. The van der Waals surface area contributed by atoms with E-state index in [-0.39, 0.29) is 23.2 Å². The van der Waals surface area contributed by atoms with Gasteiger partial charge in [0.15, 0.2) is 0 Å². The van der Waals surface area contributed by atoms with E-state index in [2.05, 4.69) is 10.1 Å². The molecule has 0 spiro atoms. The molecule has 170 valence electrons. The minimum Gasteiger partial charge on any atom is -0.300 e. The van der Waals surface area contributed by atoms with E-state index in [4.69, 9.17) is 0 Å². The molecule has 0 bridgehead atoms. The van der Waals surface area contributed by atoms with Crippen molar-refractivity contribution in [2.24, 2.45) is 0 Å². The number of carbonyl (C=O) groups excluding carboxylic acids is 1. The van der Waals surface area contributed by atoms with Gasteiger partial charge in [-0.3, -0.25) is 0 Å². The van der Waals surface area contributed by atoms with Crippen molar-refractivity contribution in [3.8, 4) is 5.69 Å². The minimum atomic E-state index is -3.78. The highest BCUT2D eigenvalue weighted by molar-refractivity contribution is 7.91. The van der Waals surface area contributed by atoms with Crippen molar-refractivity contribution in [2.75, 3.05) is 0 Å². The molecule has 0 N–H and O–H groups in total. The number of carbonyl (C=O) groups is 1. The summed E-state index contributed by atoms with van der Waals surface area (Å²) in [6.45, 7) is 1.99. The van der Waals surface area contributed by atoms with Crippen molar-refractivity contribution < 1.29 is 13.2 Å². The maximum absolute atomic E-state index is 13.4. The summed E-state index contributed by atoms with van der Waals surface area (Å²) in [7, 11) is -3.78. The number of aromatic nitrogens is 3. The van der Waals surface area contributed by atoms with Crippen molar-refractivity contribution >= 4 is 27.1 Å². The number of benzene rings is 2. The van der Waals surface area contributed by atoms with E-state index in [1.807, 2.05) is 60.8 Å². The van der Waals surface area contributed by atoms with Crippen LogP contribution in [0, 0.1) is 0 Å². The Kier molecular flexibility index (Phi) is 7.12. The van der Waals surface area contributed by atoms with Gasteiger partial charge in [-0.25, -0.2) is 18.1 Å². The third-order valence-corrected chi connectivity index (χ3v) is 8.12. The van der Waals surface area contributed by atoms with Crippen molar-refractivity contribution in [1.29, 1.82) is 0 Å². The molecule has 33 heavy (non-hydrogen) atoms. The van der Waals surface area contributed by atoms with E-state index in [0.29, 0.717) is 12.8 Å². The first kappa shape index (κ1) is 23.0. The highest BCUT2D eigenvalue weighted by atomic mass is 32.2. The van der Waals surface area contributed by atoms with E-state index in [9.17, 15) is 13.2 Å². The number of hydrogen-bond donors (Lipinski definition) is 0. The van der Waals surface area contributed by atoms with Crippen molar-refractivity contribution in [3.63, 3.8) is 0 Å². The molecule has 9 heteroatoms. The number of Topliss-reactive ketones (excluding diaryl/α,β-unsaturated/α-hetero) is 1. The van der Waals surface area contributed by atoms with Gasteiger partial charge in [0.2, 0.25) is 4.34 Å². The highest BCUT2D eigenvalue weighted by Gasteiger charge is 2.27. The Morgan fingerprint density at radius 3 is 2.42 bits per heavy atom. The second kappa shape index (κ2) is 10.2. The zero-order valence-corrected chi connectivity index (χ0v) is 19.8. The second-order valence-electron chi connectivity index (χ2n) is 7.71. The van der Waals surface area contributed by atoms with Gasteiger partial charge >= 0.3 is 0 Å². The van der Waals surface area contributed by atoms with E-state index in [1.54, 1.807) is 23.2 Å². The largest absolute Gasteiger partial charge is 0.300 e. The van der Waals surface area contributed by atoms with Gasteiger partial charge in [0.05, 0.1) is 5.69 Å². The second-order valence-corrected chi connectivity index (χ2v) is 10.7. The summed E-state index contributed by atoms with van der Waals surface area (Å²) < 4.78 is 30.0. The van der Waals surface area contributed by atoms with Gasteiger partial charge in [-0.15, -0.1) is 11.3 Å². The fraction of sp³-hybridized carbons (Fsp3) is 0.208. The molecule has 0 unspecified atom stereocenters. The molecule has 0 aliphatic carbocycles. The molecule has 2 heterocycles. The SMILES string of the molecule is CC(=O)CCc1cccc(CN(Cc2ccc(-n3cccn3)cc2)S(=O)(=O)c2nccs2)c1. The minimum absolute atomic E-state index is 0.0726. The van der Waals surface area contributed by atoms with E-state index in [0.717, 1.165) is 33.7 Å². The van der Waals surface area contributed by atoms with E-state index >= 15 is 0 Å². The lowest BCUT2D eigenvalue weighted by molar-refractivity contribution is -0.116. The molecule has 0 aliphatic rings. The predicted octanol–water partition coefficient (Wildman–Crippen LogP) is 4.24. The van der Waals surface area contributed by atoms with E-state index < -0.39 is 10.0 Å². The number of aryl methyl sites for hydroxylation is 1. The van der Waals surface area contributed by atoms with Gasteiger partial charge < -0.3 is 4.79 Å². The molecule has 0 saturated heterocycles. The van der Waals surface area contributed by atoms with Gasteiger partial charge in [0, 0.05) is 43.5 Å². The summed E-state index contributed by atoms with van der Waals surface area (Å²) in [6.07, 6.45) is 6.16. The summed E-state index contributed by atoms with van der Waals surface area (Å²) in [5.74, 6) is 0.131. The Morgan fingerprint density at radius 2 is 1.76 bits per heavy atom. The molecule has 7 nitrogen and oxygen atoms in total. The van der Waals surface area contributed by atoms with Crippen LogP contribution < -0.4 is 0 Å². The Hall–Kier alpha value is -3.14. The maximum Gasteiger partial charge on any atom is 0.270 e.